The minimum Gasteiger partial charge on any atom is -0.494 e. The van der Waals surface area contributed by atoms with Crippen LogP contribution in [0.15, 0.2) is 18.2 Å². The molecule has 0 atom stereocenters. The van der Waals surface area contributed by atoms with E-state index >= 15 is 0 Å². The fraction of sp³-hybridized carbons (Fsp3) is 0.500. The molecule has 5 heteroatoms. The molecule has 3 rings (SSSR count). The van der Waals surface area contributed by atoms with Crippen molar-refractivity contribution in [1.82, 2.24) is 4.57 Å². The minimum atomic E-state index is -0.374. The van der Waals surface area contributed by atoms with Gasteiger partial charge in [0.25, 0.3) is 0 Å². The molecule has 4 nitrogen and oxygen atoms in total. The van der Waals surface area contributed by atoms with E-state index in [1.165, 1.54) is 0 Å². The van der Waals surface area contributed by atoms with Crippen LogP contribution in [0.4, 0.5) is 0 Å². The summed E-state index contributed by atoms with van der Waals surface area (Å²) in [6.45, 7) is 10.2. The van der Waals surface area contributed by atoms with Gasteiger partial charge in [-0.3, -0.25) is 0 Å². The molecule has 1 aromatic carbocycles. The van der Waals surface area contributed by atoms with Crippen LogP contribution < -0.4 is 5.46 Å². The molecule has 1 saturated heterocycles. The largest absolute Gasteiger partial charge is 0.494 e. The second kappa shape index (κ2) is 4.27. The maximum atomic E-state index is 10.1. The monoisotopic (exact) mass is 287 g/mol. The van der Waals surface area contributed by atoms with E-state index in [1.54, 1.807) is 4.57 Å². The van der Waals surface area contributed by atoms with Gasteiger partial charge < -0.3 is 19.0 Å². The van der Waals surface area contributed by atoms with E-state index in [9.17, 15) is 5.11 Å². The first-order valence-corrected chi connectivity index (χ1v) is 7.27. The number of rotatable bonds is 1. The first kappa shape index (κ1) is 14.5. The lowest BCUT2D eigenvalue weighted by atomic mass is 9.78. The van der Waals surface area contributed by atoms with Crippen molar-refractivity contribution in [3.63, 3.8) is 0 Å². The maximum absolute atomic E-state index is 10.1. The summed E-state index contributed by atoms with van der Waals surface area (Å²) in [4.78, 5) is 0. The van der Waals surface area contributed by atoms with E-state index in [2.05, 4.69) is 0 Å². The number of hydrogen-bond donors (Lipinski definition) is 1. The molecule has 21 heavy (non-hydrogen) atoms. The van der Waals surface area contributed by atoms with Crippen molar-refractivity contribution in [2.45, 2.75) is 45.8 Å². The molecule has 2 aromatic rings. The van der Waals surface area contributed by atoms with Gasteiger partial charge in [0.1, 0.15) is 0 Å². The quantitative estimate of drug-likeness (QED) is 0.819. The smallest absolute Gasteiger partial charge is 0.494 e. The summed E-state index contributed by atoms with van der Waals surface area (Å²) in [5, 5.41) is 12.0. The number of benzene rings is 1. The standard InChI is InChI=1S/C16H22BNO3/c1-10-13-9-11(7-8-12(13)14(19)18(10)6)17-20-15(2,3)16(4,5)21-17/h7-9,19H,1-6H3. The maximum Gasteiger partial charge on any atom is 0.494 e. The van der Waals surface area contributed by atoms with Crippen LogP contribution in [0, 0.1) is 6.92 Å². The lowest BCUT2D eigenvalue weighted by Crippen LogP contribution is -2.41. The van der Waals surface area contributed by atoms with E-state index in [0.29, 0.717) is 5.88 Å². The predicted octanol–water partition coefficient (Wildman–Crippen LogP) is 2.49. The summed E-state index contributed by atoms with van der Waals surface area (Å²) < 4.78 is 14.0. The van der Waals surface area contributed by atoms with Gasteiger partial charge in [-0.2, -0.15) is 0 Å². The van der Waals surface area contributed by atoms with Crippen LogP contribution in [0.2, 0.25) is 0 Å². The average Bonchev–Trinajstić information content (AvgIpc) is 2.75. The third-order valence-corrected chi connectivity index (χ3v) is 5.02. The molecule has 1 N–H and O–H groups in total. The van der Waals surface area contributed by atoms with Crippen molar-refractivity contribution in [3.05, 3.63) is 23.9 Å². The number of aryl methyl sites for hydroxylation is 1. The van der Waals surface area contributed by atoms with Crippen LogP contribution >= 0.6 is 0 Å². The van der Waals surface area contributed by atoms with Crippen LogP contribution in [0.3, 0.4) is 0 Å². The molecule has 112 valence electrons. The summed E-state index contributed by atoms with van der Waals surface area (Å²) >= 11 is 0. The molecule has 0 spiro atoms. The summed E-state index contributed by atoms with van der Waals surface area (Å²) in [6.07, 6.45) is 0. The van der Waals surface area contributed by atoms with Crippen molar-refractivity contribution in [2.75, 3.05) is 0 Å². The zero-order chi connectivity index (χ0) is 15.6. The van der Waals surface area contributed by atoms with E-state index in [4.69, 9.17) is 9.31 Å². The highest BCUT2D eigenvalue weighted by molar-refractivity contribution is 6.62. The second-order valence-corrected chi connectivity index (χ2v) is 6.86. The Morgan fingerprint density at radius 1 is 1.05 bits per heavy atom. The van der Waals surface area contributed by atoms with Gasteiger partial charge in [-0.25, -0.2) is 0 Å². The third kappa shape index (κ3) is 1.99. The molecule has 1 fully saturated rings. The van der Waals surface area contributed by atoms with E-state index in [1.807, 2.05) is 59.9 Å². The number of hydrogen-bond acceptors (Lipinski definition) is 3. The molecule has 1 aromatic heterocycles. The van der Waals surface area contributed by atoms with Gasteiger partial charge in [0.05, 0.1) is 11.2 Å². The molecular formula is C16H22BNO3. The van der Waals surface area contributed by atoms with Gasteiger partial charge >= 0.3 is 7.12 Å². The molecular weight excluding hydrogens is 265 g/mol. The first-order valence-electron chi connectivity index (χ1n) is 7.27. The highest BCUT2D eigenvalue weighted by Gasteiger charge is 2.51. The number of nitrogens with zero attached hydrogens (tertiary/aromatic N) is 1. The van der Waals surface area contributed by atoms with E-state index < -0.39 is 0 Å². The molecule has 0 unspecified atom stereocenters. The lowest BCUT2D eigenvalue weighted by Gasteiger charge is -2.32. The van der Waals surface area contributed by atoms with Crippen molar-refractivity contribution < 1.29 is 14.4 Å². The van der Waals surface area contributed by atoms with Crippen molar-refractivity contribution in [3.8, 4) is 5.88 Å². The Kier molecular flexibility index (Phi) is 2.95. The average molecular weight is 287 g/mol. The van der Waals surface area contributed by atoms with Crippen molar-refractivity contribution in [1.29, 1.82) is 0 Å². The molecule has 0 saturated carbocycles. The first-order chi connectivity index (χ1) is 9.64. The van der Waals surface area contributed by atoms with Gasteiger partial charge in [-0.15, -0.1) is 0 Å². The Balaban J connectivity index is 2.06. The third-order valence-electron chi connectivity index (χ3n) is 5.02. The zero-order valence-corrected chi connectivity index (χ0v) is 13.5. The molecule has 0 bridgehead atoms. The Hall–Kier alpha value is -1.46. The highest BCUT2D eigenvalue weighted by atomic mass is 16.7. The Morgan fingerprint density at radius 2 is 1.62 bits per heavy atom. The van der Waals surface area contributed by atoms with E-state index in [0.717, 1.165) is 21.9 Å². The Morgan fingerprint density at radius 3 is 2.19 bits per heavy atom. The van der Waals surface area contributed by atoms with Gasteiger partial charge in [0, 0.05) is 23.5 Å². The number of fused-ring (bicyclic) bond motifs is 1. The van der Waals surface area contributed by atoms with Crippen molar-refractivity contribution >= 4 is 23.4 Å². The topological polar surface area (TPSA) is 43.6 Å². The van der Waals surface area contributed by atoms with E-state index in [-0.39, 0.29) is 18.3 Å². The predicted molar refractivity (Wildman–Crippen MR) is 85.0 cm³/mol. The van der Waals surface area contributed by atoms with Gasteiger partial charge in [0.15, 0.2) is 5.88 Å². The normalized spacial score (nSPS) is 20.4. The highest BCUT2D eigenvalue weighted by Crippen LogP contribution is 2.37. The summed E-state index contributed by atoms with van der Waals surface area (Å²) in [6, 6.07) is 5.94. The van der Waals surface area contributed by atoms with Crippen LogP contribution in [0.1, 0.15) is 33.4 Å². The molecule has 1 aliphatic rings. The fourth-order valence-electron chi connectivity index (χ4n) is 2.70. The Labute approximate surface area is 125 Å². The summed E-state index contributed by atoms with van der Waals surface area (Å²) in [5.41, 5.74) is 1.32. The number of aromatic hydroxyl groups is 1. The molecule has 0 aliphatic carbocycles. The minimum absolute atomic E-state index is 0.294. The van der Waals surface area contributed by atoms with Crippen LogP contribution in [0.5, 0.6) is 5.88 Å². The lowest BCUT2D eigenvalue weighted by molar-refractivity contribution is 0.00578. The zero-order valence-electron chi connectivity index (χ0n) is 13.5. The summed E-state index contributed by atoms with van der Waals surface area (Å²) in [5.74, 6) is 0.294. The van der Waals surface area contributed by atoms with Gasteiger partial charge in [0.2, 0.25) is 0 Å². The van der Waals surface area contributed by atoms with Crippen LogP contribution in [-0.4, -0.2) is 28.0 Å². The second-order valence-electron chi connectivity index (χ2n) is 6.86. The Bertz CT molecular complexity index is 702. The summed E-state index contributed by atoms with van der Waals surface area (Å²) in [7, 11) is 1.49. The van der Waals surface area contributed by atoms with Crippen molar-refractivity contribution in [2.24, 2.45) is 7.05 Å². The molecule has 1 aliphatic heterocycles. The molecule has 2 heterocycles. The molecule has 0 radical (unpaired) electrons. The van der Waals surface area contributed by atoms with Crippen LogP contribution in [0.25, 0.3) is 10.8 Å². The van der Waals surface area contributed by atoms with Gasteiger partial charge in [-0.05, 0) is 46.1 Å². The fourth-order valence-corrected chi connectivity index (χ4v) is 2.70. The SMILES string of the molecule is Cc1c2cc(B3OC(C)(C)C(C)(C)O3)ccc2c(O)n1C. The number of aromatic nitrogens is 1. The van der Waals surface area contributed by atoms with Gasteiger partial charge in [-0.1, -0.05) is 12.1 Å². The van der Waals surface area contributed by atoms with Crippen LogP contribution in [-0.2, 0) is 16.4 Å². The molecule has 0 amide bonds.